The van der Waals surface area contributed by atoms with Crippen LogP contribution in [0, 0.1) is 13.8 Å². The van der Waals surface area contributed by atoms with Crippen molar-refractivity contribution in [2.24, 2.45) is 0 Å². The molecule has 0 saturated heterocycles. The van der Waals surface area contributed by atoms with Crippen LogP contribution in [0.2, 0.25) is 0 Å². The van der Waals surface area contributed by atoms with E-state index in [1.165, 1.54) is 0 Å². The largest absolute Gasteiger partial charge is 0.384 e. The van der Waals surface area contributed by atoms with Crippen molar-refractivity contribution in [2.75, 3.05) is 5.73 Å². The minimum atomic E-state index is -0.282. The van der Waals surface area contributed by atoms with E-state index in [9.17, 15) is 4.79 Å². The van der Waals surface area contributed by atoms with E-state index in [0.29, 0.717) is 18.9 Å². The lowest BCUT2D eigenvalue weighted by atomic mass is 10.1. The third kappa shape index (κ3) is 4.95. The number of hydrogen-bond acceptors (Lipinski definition) is 6. The van der Waals surface area contributed by atoms with Crippen molar-refractivity contribution in [3.8, 4) is 0 Å². The summed E-state index contributed by atoms with van der Waals surface area (Å²) in [6, 6.07) is 10.0. The standard InChI is InChI=1S/C22H24N8O/c1-15-8-21(23)26-16(2)19(15)10-25-22(31)20-13-30(28-27-20)12-18-5-3-4-17(9-18)11-29-7-6-24-14-29/h3-9,13-14H,10-12H2,1-2H3,(H2,23,26)(H,25,31). The van der Waals surface area contributed by atoms with Gasteiger partial charge in [0.05, 0.1) is 19.1 Å². The average molecular weight is 416 g/mol. The van der Waals surface area contributed by atoms with Gasteiger partial charge in [0.25, 0.3) is 5.91 Å². The summed E-state index contributed by atoms with van der Waals surface area (Å²) in [6.45, 7) is 5.45. The van der Waals surface area contributed by atoms with Crippen molar-refractivity contribution in [3.05, 3.63) is 88.9 Å². The second-order valence-electron chi connectivity index (χ2n) is 7.47. The number of amides is 1. The number of nitrogens with zero attached hydrogens (tertiary/aromatic N) is 6. The Morgan fingerprint density at radius 2 is 1.97 bits per heavy atom. The highest BCUT2D eigenvalue weighted by atomic mass is 16.2. The molecule has 0 spiro atoms. The van der Waals surface area contributed by atoms with E-state index in [2.05, 4.69) is 37.7 Å². The molecule has 1 amide bonds. The quantitative estimate of drug-likeness (QED) is 0.476. The summed E-state index contributed by atoms with van der Waals surface area (Å²) >= 11 is 0. The van der Waals surface area contributed by atoms with Crippen LogP contribution in [0.5, 0.6) is 0 Å². The monoisotopic (exact) mass is 416 g/mol. The SMILES string of the molecule is Cc1cc(N)nc(C)c1CNC(=O)c1cn(Cc2cccc(Cn3ccnc3)c2)nn1. The van der Waals surface area contributed by atoms with Crippen LogP contribution < -0.4 is 11.1 Å². The molecule has 3 heterocycles. The van der Waals surface area contributed by atoms with Gasteiger partial charge in [-0.15, -0.1) is 5.10 Å². The number of imidazole rings is 1. The maximum absolute atomic E-state index is 12.5. The highest BCUT2D eigenvalue weighted by molar-refractivity contribution is 5.91. The van der Waals surface area contributed by atoms with E-state index in [4.69, 9.17) is 5.73 Å². The second kappa shape index (κ2) is 8.78. The lowest BCUT2D eigenvalue weighted by Crippen LogP contribution is -2.24. The number of benzene rings is 1. The Morgan fingerprint density at radius 3 is 2.71 bits per heavy atom. The molecule has 158 valence electrons. The summed E-state index contributed by atoms with van der Waals surface area (Å²) in [7, 11) is 0. The predicted molar refractivity (Wildman–Crippen MR) is 116 cm³/mol. The first-order valence-electron chi connectivity index (χ1n) is 9.92. The third-order valence-electron chi connectivity index (χ3n) is 5.03. The molecule has 0 bridgehead atoms. The Morgan fingerprint density at radius 1 is 1.16 bits per heavy atom. The number of nitrogen functional groups attached to an aromatic ring is 1. The fourth-order valence-corrected chi connectivity index (χ4v) is 3.50. The van der Waals surface area contributed by atoms with Gasteiger partial charge in [-0.05, 0) is 42.2 Å². The van der Waals surface area contributed by atoms with Gasteiger partial charge in [0.1, 0.15) is 5.82 Å². The smallest absolute Gasteiger partial charge is 0.273 e. The summed E-state index contributed by atoms with van der Waals surface area (Å²) in [5.41, 5.74) is 11.0. The molecule has 0 unspecified atom stereocenters. The predicted octanol–water partition coefficient (Wildman–Crippen LogP) is 2.10. The van der Waals surface area contributed by atoms with Crippen LogP contribution in [-0.4, -0.2) is 35.4 Å². The molecule has 0 aliphatic carbocycles. The number of nitrogens with two attached hydrogens (primary N) is 1. The Balaban J connectivity index is 1.39. The third-order valence-corrected chi connectivity index (χ3v) is 5.03. The zero-order valence-electron chi connectivity index (χ0n) is 17.5. The Kier molecular flexibility index (Phi) is 5.74. The first kappa shape index (κ1) is 20.3. The summed E-state index contributed by atoms with van der Waals surface area (Å²) < 4.78 is 3.67. The summed E-state index contributed by atoms with van der Waals surface area (Å²) in [4.78, 5) is 20.8. The first-order valence-corrected chi connectivity index (χ1v) is 9.92. The highest BCUT2D eigenvalue weighted by Gasteiger charge is 2.13. The lowest BCUT2D eigenvalue weighted by molar-refractivity contribution is 0.0945. The maximum atomic E-state index is 12.5. The molecule has 4 rings (SSSR count). The molecule has 4 aromatic rings. The van der Waals surface area contributed by atoms with Crippen molar-refractivity contribution < 1.29 is 4.79 Å². The number of aryl methyl sites for hydroxylation is 2. The van der Waals surface area contributed by atoms with E-state index in [1.54, 1.807) is 29.5 Å². The molecule has 0 aliphatic rings. The molecular weight excluding hydrogens is 392 g/mol. The Hall–Kier alpha value is -4.01. The maximum Gasteiger partial charge on any atom is 0.273 e. The van der Waals surface area contributed by atoms with Crippen LogP contribution >= 0.6 is 0 Å². The van der Waals surface area contributed by atoms with E-state index in [1.807, 2.05) is 36.7 Å². The van der Waals surface area contributed by atoms with Crippen molar-refractivity contribution in [1.82, 2.24) is 34.8 Å². The van der Waals surface area contributed by atoms with Gasteiger partial charge < -0.3 is 15.6 Å². The average Bonchev–Trinajstić information content (AvgIpc) is 3.39. The molecule has 0 saturated carbocycles. The number of nitrogens with one attached hydrogen (secondary N) is 1. The van der Waals surface area contributed by atoms with Crippen LogP contribution in [0.15, 0.2) is 55.2 Å². The summed E-state index contributed by atoms with van der Waals surface area (Å²) in [5.74, 6) is 0.192. The highest BCUT2D eigenvalue weighted by Crippen LogP contribution is 2.14. The summed E-state index contributed by atoms with van der Waals surface area (Å²) in [6.07, 6.45) is 7.13. The van der Waals surface area contributed by atoms with Gasteiger partial charge in [-0.3, -0.25) is 4.79 Å². The number of rotatable bonds is 7. The van der Waals surface area contributed by atoms with Crippen LogP contribution in [-0.2, 0) is 19.6 Å². The van der Waals surface area contributed by atoms with Crippen LogP contribution in [0.25, 0.3) is 0 Å². The Labute approximate surface area is 179 Å². The van der Waals surface area contributed by atoms with Gasteiger partial charge in [0.15, 0.2) is 5.69 Å². The lowest BCUT2D eigenvalue weighted by Gasteiger charge is -2.10. The van der Waals surface area contributed by atoms with Crippen LogP contribution in [0.4, 0.5) is 5.82 Å². The fourth-order valence-electron chi connectivity index (χ4n) is 3.50. The van der Waals surface area contributed by atoms with Crippen molar-refractivity contribution in [1.29, 1.82) is 0 Å². The fraction of sp³-hybridized carbons (Fsp3) is 0.227. The van der Waals surface area contributed by atoms with Gasteiger partial charge in [-0.1, -0.05) is 29.5 Å². The van der Waals surface area contributed by atoms with Gasteiger partial charge >= 0.3 is 0 Å². The number of carbonyl (C=O) groups is 1. The molecular formula is C22H24N8O. The van der Waals surface area contributed by atoms with Gasteiger partial charge in [0.2, 0.25) is 0 Å². The number of pyridine rings is 1. The number of aromatic nitrogens is 6. The number of anilines is 1. The normalized spacial score (nSPS) is 10.9. The first-order chi connectivity index (χ1) is 15.0. The molecule has 0 fully saturated rings. The minimum Gasteiger partial charge on any atom is -0.384 e. The van der Waals surface area contributed by atoms with Crippen molar-refractivity contribution in [2.45, 2.75) is 33.5 Å². The zero-order chi connectivity index (χ0) is 21.8. The zero-order valence-corrected chi connectivity index (χ0v) is 17.5. The van der Waals surface area contributed by atoms with E-state index < -0.39 is 0 Å². The van der Waals surface area contributed by atoms with Crippen LogP contribution in [0.1, 0.15) is 38.4 Å². The van der Waals surface area contributed by atoms with Crippen molar-refractivity contribution in [3.63, 3.8) is 0 Å². The molecule has 31 heavy (non-hydrogen) atoms. The number of carbonyl (C=O) groups excluding carboxylic acids is 1. The molecule has 0 aliphatic heterocycles. The molecule has 0 atom stereocenters. The molecule has 1 aromatic carbocycles. The van der Waals surface area contributed by atoms with Crippen LogP contribution in [0.3, 0.4) is 0 Å². The minimum absolute atomic E-state index is 0.272. The van der Waals surface area contributed by atoms with Gasteiger partial charge in [-0.25, -0.2) is 14.6 Å². The van der Waals surface area contributed by atoms with E-state index in [0.717, 1.165) is 34.5 Å². The topological polar surface area (TPSA) is 117 Å². The molecule has 0 radical (unpaired) electrons. The molecule has 3 N–H and O–H groups in total. The summed E-state index contributed by atoms with van der Waals surface area (Å²) in [5, 5.41) is 11.0. The molecule has 9 heteroatoms. The van der Waals surface area contributed by atoms with Gasteiger partial charge in [-0.2, -0.15) is 0 Å². The number of hydrogen-bond donors (Lipinski definition) is 2. The van der Waals surface area contributed by atoms with E-state index >= 15 is 0 Å². The molecule has 3 aromatic heterocycles. The second-order valence-corrected chi connectivity index (χ2v) is 7.47. The van der Waals surface area contributed by atoms with Crippen molar-refractivity contribution >= 4 is 11.7 Å². The Bertz CT molecular complexity index is 1170. The molecule has 9 nitrogen and oxygen atoms in total. The van der Waals surface area contributed by atoms with E-state index in [-0.39, 0.29) is 11.6 Å². The van der Waals surface area contributed by atoms with Gasteiger partial charge in [0, 0.05) is 31.2 Å².